The van der Waals surface area contributed by atoms with Gasteiger partial charge < -0.3 is 14.8 Å². The van der Waals surface area contributed by atoms with Gasteiger partial charge in [-0.15, -0.1) is 0 Å². The van der Waals surface area contributed by atoms with E-state index >= 15 is 0 Å². The monoisotopic (exact) mass is 223 g/mol. The maximum atomic E-state index is 10.6. The van der Waals surface area contributed by atoms with Crippen LogP contribution in [-0.2, 0) is 6.54 Å². The van der Waals surface area contributed by atoms with Crippen LogP contribution in [0.5, 0.6) is 0 Å². The number of carboxylic acids is 1. The first kappa shape index (κ1) is 11.2. The van der Waals surface area contributed by atoms with E-state index in [-0.39, 0.29) is 5.56 Å². The highest BCUT2D eigenvalue weighted by Gasteiger charge is 2.16. The molecule has 0 saturated heterocycles. The third-order valence-corrected chi connectivity index (χ3v) is 3.15. The summed E-state index contributed by atoms with van der Waals surface area (Å²) in [6.45, 7) is 1.59. The first-order chi connectivity index (χ1) is 7.75. The SMILES string of the molecule is O=C(O)c1coc(CNCCC2CCC2)c1. The molecule has 0 aromatic carbocycles. The molecule has 88 valence electrons. The van der Waals surface area contributed by atoms with Crippen LogP contribution in [0.1, 0.15) is 41.8 Å². The van der Waals surface area contributed by atoms with Crippen LogP contribution >= 0.6 is 0 Å². The van der Waals surface area contributed by atoms with Crippen LogP contribution in [0.3, 0.4) is 0 Å². The number of carboxylic acid groups (broad SMARTS) is 1. The van der Waals surface area contributed by atoms with Gasteiger partial charge in [0.1, 0.15) is 12.0 Å². The largest absolute Gasteiger partial charge is 0.478 e. The van der Waals surface area contributed by atoms with Gasteiger partial charge in [-0.05, 0) is 24.9 Å². The molecular formula is C12H17NO3. The number of carbonyl (C=O) groups is 1. The molecule has 0 amide bonds. The minimum absolute atomic E-state index is 0.218. The first-order valence-electron chi connectivity index (χ1n) is 5.77. The Morgan fingerprint density at radius 3 is 2.94 bits per heavy atom. The minimum Gasteiger partial charge on any atom is -0.478 e. The Morgan fingerprint density at radius 2 is 2.38 bits per heavy atom. The van der Waals surface area contributed by atoms with Gasteiger partial charge in [0, 0.05) is 0 Å². The number of hydrogen-bond acceptors (Lipinski definition) is 3. The van der Waals surface area contributed by atoms with Crippen molar-refractivity contribution < 1.29 is 14.3 Å². The molecule has 0 radical (unpaired) electrons. The molecule has 2 N–H and O–H groups in total. The second-order valence-electron chi connectivity index (χ2n) is 4.37. The van der Waals surface area contributed by atoms with Crippen LogP contribution in [-0.4, -0.2) is 17.6 Å². The van der Waals surface area contributed by atoms with E-state index in [9.17, 15) is 4.79 Å². The van der Waals surface area contributed by atoms with Crippen LogP contribution in [0, 0.1) is 5.92 Å². The van der Waals surface area contributed by atoms with Crippen molar-refractivity contribution in [3.63, 3.8) is 0 Å². The van der Waals surface area contributed by atoms with E-state index in [4.69, 9.17) is 9.52 Å². The lowest BCUT2D eigenvalue weighted by Crippen LogP contribution is -2.20. The molecule has 2 rings (SSSR count). The second kappa shape index (κ2) is 5.16. The molecule has 0 aliphatic heterocycles. The van der Waals surface area contributed by atoms with E-state index in [2.05, 4.69) is 5.32 Å². The number of nitrogens with one attached hydrogen (secondary N) is 1. The number of rotatable bonds is 6. The van der Waals surface area contributed by atoms with Gasteiger partial charge >= 0.3 is 5.97 Å². The molecule has 1 fully saturated rings. The van der Waals surface area contributed by atoms with Crippen molar-refractivity contribution >= 4 is 5.97 Å². The Morgan fingerprint density at radius 1 is 1.56 bits per heavy atom. The van der Waals surface area contributed by atoms with Crippen LogP contribution in [0.4, 0.5) is 0 Å². The molecule has 1 aromatic rings. The summed E-state index contributed by atoms with van der Waals surface area (Å²) in [6.07, 6.45) is 6.61. The average Bonchev–Trinajstić information content (AvgIpc) is 2.63. The smallest absolute Gasteiger partial charge is 0.338 e. The van der Waals surface area contributed by atoms with Gasteiger partial charge in [-0.3, -0.25) is 0 Å². The zero-order valence-electron chi connectivity index (χ0n) is 9.24. The van der Waals surface area contributed by atoms with E-state index in [1.165, 1.54) is 31.9 Å². The molecular weight excluding hydrogens is 206 g/mol. The lowest BCUT2D eigenvalue weighted by molar-refractivity contribution is 0.0696. The standard InChI is InChI=1S/C12H17NO3/c14-12(15)10-6-11(16-8-10)7-13-5-4-9-2-1-3-9/h6,8-9,13H,1-5,7H2,(H,14,15). The highest BCUT2D eigenvalue weighted by atomic mass is 16.4. The summed E-state index contributed by atoms with van der Waals surface area (Å²) in [6, 6.07) is 1.57. The van der Waals surface area contributed by atoms with Crippen molar-refractivity contribution in [1.29, 1.82) is 0 Å². The maximum Gasteiger partial charge on any atom is 0.338 e. The molecule has 0 unspecified atom stereocenters. The van der Waals surface area contributed by atoms with Crippen molar-refractivity contribution in [2.75, 3.05) is 6.54 Å². The van der Waals surface area contributed by atoms with Crippen molar-refractivity contribution in [2.45, 2.75) is 32.2 Å². The molecule has 4 heteroatoms. The molecule has 1 heterocycles. The van der Waals surface area contributed by atoms with Gasteiger partial charge in [-0.1, -0.05) is 19.3 Å². The van der Waals surface area contributed by atoms with Gasteiger partial charge in [0.2, 0.25) is 0 Å². The predicted molar refractivity (Wildman–Crippen MR) is 59.3 cm³/mol. The third-order valence-electron chi connectivity index (χ3n) is 3.15. The Balaban J connectivity index is 1.66. The lowest BCUT2D eigenvalue weighted by Gasteiger charge is -2.25. The van der Waals surface area contributed by atoms with E-state index in [1.807, 2.05) is 0 Å². The fourth-order valence-corrected chi connectivity index (χ4v) is 1.88. The highest BCUT2D eigenvalue weighted by Crippen LogP contribution is 2.28. The van der Waals surface area contributed by atoms with Crippen LogP contribution in [0.25, 0.3) is 0 Å². The maximum absolute atomic E-state index is 10.6. The van der Waals surface area contributed by atoms with Crippen molar-refractivity contribution in [2.24, 2.45) is 5.92 Å². The molecule has 16 heavy (non-hydrogen) atoms. The topological polar surface area (TPSA) is 62.5 Å². The van der Waals surface area contributed by atoms with E-state index in [0.717, 1.165) is 12.5 Å². The van der Waals surface area contributed by atoms with Crippen molar-refractivity contribution in [3.8, 4) is 0 Å². The third kappa shape index (κ3) is 2.85. The molecule has 4 nitrogen and oxygen atoms in total. The van der Waals surface area contributed by atoms with E-state index in [0.29, 0.717) is 12.3 Å². The minimum atomic E-state index is -0.940. The Hall–Kier alpha value is -1.29. The average molecular weight is 223 g/mol. The van der Waals surface area contributed by atoms with E-state index < -0.39 is 5.97 Å². The van der Waals surface area contributed by atoms with Gasteiger partial charge in [-0.25, -0.2) is 4.79 Å². The van der Waals surface area contributed by atoms with E-state index in [1.54, 1.807) is 6.07 Å². The Kier molecular flexibility index (Phi) is 3.62. The van der Waals surface area contributed by atoms with Crippen LogP contribution in [0.2, 0.25) is 0 Å². The number of hydrogen-bond donors (Lipinski definition) is 2. The van der Waals surface area contributed by atoms with Gasteiger partial charge in [0.15, 0.2) is 0 Å². The number of aromatic carboxylic acids is 1. The molecule has 0 bridgehead atoms. The quantitative estimate of drug-likeness (QED) is 0.726. The summed E-state index contributed by atoms with van der Waals surface area (Å²) in [5, 5.41) is 12.0. The Bertz CT molecular complexity index is 355. The summed E-state index contributed by atoms with van der Waals surface area (Å²) in [5.41, 5.74) is 0.218. The zero-order valence-corrected chi connectivity index (χ0v) is 9.24. The summed E-state index contributed by atoms with van der Waals surface area (Å²) in [4.78, 5) is 10.6. The van der Waals surface area contributed by atoms with Crippen molar-refractivity contribution in [1.82, 2.24) is 5.32 Å². The molecule has 0 spiro atoms. The summed E-state index contributed by atoms with van der Waals surface area (Å²) < 4.78 is 5.13. The van der Waals surface area contributed by atoms with Gasteiger partial charge in [0.05, 0.1) is 12.1 Å². The normalized spacial score (nSPS) is 16.0. The van der Waals surface area contributed by atoms with Gasteiger partial charge in [-0.2, -0.15) is 0 Å². The zero-order chi connectivity index (χ0) is 11.4. The summed E-state index contributed by atoms with van der Waals surface area (Å²) in [5.74, 6) is 0.647. The number of furan rings is 1. The fourth-order valence-electron chi connectivity index (χ4n) is 1.88. The summed E-state index contributed by atoms with van der Waals surface area (Å²) in [7, 11) is 0. The molecule has 1 aliphatic rings. The van der Waals surface area contributed by atoms with Crippen LogP contribution < -0.4 is 5.32 Å². The van der Waals surface area contributed by atoms with Crippen molar-refractivity contribution in [3.05, 3.63) is 23.7 Å². The molecule has 1 saturated carbocycles. The summed E-state index contributed by atoms with van der Waals surface area (Å²) >= 11 is 0. The fraction of sp³-hybridized carbons (Fsp3) is 0.583. The Labute approximate surface area is 94.6 Å². The predicted octanol–water partition coefficient (Wildman–Crippen LogP) is 2.26. The first-order valence-corrected chi connectivity index (χ1v) is 5.77. The highest BCUT2D eigenvalue weighted by molar-refractivity contribution is 5.87. The van der Waals surface area contributed by atoms with Crippen LogP contribution in [0.15, 0.2) is 16.7 Å². The molecule has 1 aromatic heterocycles. The van der Waals surface area contributed by atoms with Gasteiger partial charge in [0.25, 0.3) is 0 Å². The molecule has 1 aliphatic carbocycles. The second-order valence-corrected chi connectivity index (χ2v) is 4.37. The lowest BCUT2D eigenvalue weighted by atomic mass is 9.83. The molecule has 0 atom stereocenters.